The van der Waals surface area contributed by atoms with Gasteiger partial charge in [-0.05, 0) is 44.7 Å². The van der Waals surface area contributed by atoms with E-state index >= 15 is 0 Å². The summed E-state index contributed by atoms with van der Waals surface area (Å²) in [4.78, 5) is 26.7. The van der Waals surface area contributed by atoms with Crippen molar-refractivity contribution < 1.29 is 9.53 Å². The largest absolute Gasteiger partial charge is 0.466 e. The molecule has 152 valence electrons. The van der Waals surface area contributed by atoms with E-state index in [1.165, 1.54) is 21.4 Å². The number of benzene rings is 1. The number of ether oxygens (including phenoxy) is 1. The number of esters is 1. The van der Waals surface area contributed by atoms with E-state index in [1.54, 1.807) is 11.3 Å². The standard InChI is InChI=1S/C23H27N3O2S/c1-4-28-23(27)18-10-12-26(13-11-18)21-20-15(2)16(3)29-22(20)25-19(24-21)14-17-8-6-5-7-9-17/h5-9,18H,4,10-14H2,1-3H3. The van der Waals surface area contributed by atoms with Crippen molar-refractivity contribution in [3.8, 4) is 0 Å². The summed E-state index contributed by atoms with van der Waals surface area (Å²) in [6, 6.07) is 10.4. The minimum Gasteiger partial charge on any atom is -0.466 e. The molecular formula is C23H27N3O2S. The Balaban J connectivity index is 1.65. The van der Waals surface area contributed by atoms with Gasteiger partial charge in [0.05, 0.1) is 17.9 Å². The Kier molecular flexibility index (Phi) is 5.81. The number of carbonyl (C=O) groups excluding carboxylic acids is 1. The number of nitrogens with zero attached hydrogens (tertiary/aromatic N) is 3. The second-order valence-corrected chi connectivity index (χ2v) is 8.81. The zero-order chi connectivity index (χ0) is 20.4. The number of thiophene rings is 1. The summed E-state index contributed by atoms with van der Waals surface area (Å²) in [6.45, 7) is 8.24. The van der Waals surface area contributed by atoms with Crippen LogP contribution in [0.5, 0.6) is 0 Å². The van der Waals surface area contributed by atoms with Crippen LogP contribution in [0.2, 0.25) is 0 Å². The quantitative estimate of drug-likeness (QED) is 0.573. The molecule has 4 rings (SSSR count). The lowest BCUT2D eigenvalue weighted by Crippen LogP contribution is -2.37. The number of piperidine rings is 1. The summed E-state index contributed by atoms with van der Waals surface area (Å²) in [7, 11) is 0. The molecule has 0 unspecified atom stereocenters. The van der Waals surface area contributed by atoms with Crippen LogP contribution in [0.4, 0.5) is 5.82 Å². The molecule has 2 aromatic heterocycles. The van der Waals surface area contributed by atoms with Crippen LogP contribution in [0, 0.1) is 19.8 Å². The molecule has 0 radical (unpaired) electrons. The topological polar surface area (TPSA) is 55.3 Å². The molecular weight excluding hydrogens is 382 g/mol. The second kappa shape index (κ2) is 8.49. The Bertz CT molecular complexity index is 1010. The van der Waals surface area contributed by atoms with Crippen molar-refractivity contribution in [2.45, 2.75) is 40.0 Å². The molecule has 29 heavy (non-hydrogen) atoms. The van der Waals surface area contributed by atoms with E-state index < -0.39 is 0 Å². The first kappa shape index (κ1) is 19.8. The van der Waals surface area contributed by atoms with Gasteiger partial charge in [0, 0.05) is 24.4 Å². The highest BCUT2D eigenvalue weighted by atomic mass is 32.1. The molecule has 1 saturated heterocycles. The van der Waals surface area contributed by atoms with Crippen LogP contribution in [0.15, 0.2) is 30.3 Å². The van der Waals surface area contributed by atoms with Gasteiger partial charge in [-0.25, -0.2) is 9.97 Å². The SMILES string of the molecule is CCOC(=O)C1CCN(c2nc(Cc3ccccc3)nc3sc(C)c(C)c23)CC1. The predicted molar refractivity (Wildman–Crippen MR) is 118 cm³/mol. The third-order valence-corrected chi connectivity index (χ3v) is 6.78. The third-order valence-electron chi connectivity index (χ3n) is 5.68. The minimum absolute atomic E-state index is 0.00220. The van der Waals surface area contributed by atoms with Gasteiger partial charge in [0.15, 0.2) is 0 Å². The molecule has 0 N–H and O–H groups in total. The summed E-state index contributed by atoms with van der Waals surface area (Å²) in [5, 5.41) is 1.17. The highest BCUT2D eigenvalue weighted by Gasteiger charge is 2.28. The summed E-state index contributed by atoms with van der Waals surface area (Å²) in [6.07, 6.45) is 2.33. The van der Waals surface area contributed by atoms with Crippen molar-refractivity contribution >= 4 is 33.3 Å². The lowest BCUT2D eigenvalue weighted by atomic mass is 9.96. The number of carbonyl (C=O) groups is 1. The van der Waals surface area contributed by atoms with Gasteiger partial charge in [-0.15, -0.1) is 11.3 Å². The molecule has 1 aliphatic heterocycles. The number of hydrogen-bond acceptors (Lipinski definition) is 6. The van der Waals surface area contributed by atoms with E-state index in [4.69, 9.17) is 14.7 Å². The summed E-state index contributed by atoms with van der Waals surface area (Å²) in [5.41, 5.74) is 2.47. The average Bonchev–Trinajstić information content (AvgIpc) is 3.02. The summed E-state index contributed by atoms with van der Waals surface area (Å²) in [5.74, 6) is 1.81. The van der Waals surface area contributed by atoms with Crippen LogP contribution in [-0.2, 0) is 16.0 Å². The number of anilines is 1. The number of aryl methyl sites for hydroxylation is 2. The summed E-state index contributed by atoms with van der Waals surface area (Å²) < 4.78 is 5.22. The lowest BCUT2D eigenvalue weighted by molar-refractivity contribution is -0.148. The minimum atomic E-state index is -0.0627. The molecule has 1 aromatic carbocycles. The molecule has 0 saturated carbocycles. The average molecular weight is 410 g/mol. The first-order valence-corrected chi connectivity index (χ1v) is 11.1. The van der Waals surface area contributed by atoms with E-state index in [1.807, 2.05) is 25.1 Å². The van der Waals surface area contributed by atoms with Crippen molar-refractivity contribution in [1.82, 2.24) is 9.97 Å². The third kappa shape index (κ3) is 4.13. The van der Waals surface area contributed by atoms with Gasteiger partial charge in [0.1, 0.15) is 16.5 Å². The van der Waals surface area contributed by atoms with Gasteiger partial charge in [-0.3, -0.25) is 4.79 Å². The van der Waals surface area contributed by atoms with E-state index in [0.29, 0.717) is 6.61 Å². The first-order chi connectivity index (χ1) is 14.1. The van der Waals surface area contributed by atoms with Crippen molar-refractivity contribution in [3.05, 3.63) is 52.2 Å². The number of rotatable bonds is 5. The molecule has 3 heterocycles. The Morgan fingerprint density at radius 3 is 2.59 bits per heavy atom. The normalized spacial score (nSPS) is 15.1. The Hall–Kier alpha value is -2.47. The van der Waals surface area contributed by atoms with E-state index in [-0.39, 0.29) is 11.9 Å². The second-order valence-electron chi connectivity index (χ2n) is 7.60. The Morgan fingerprint density at radius 1 is 1.17 bits per heavy atom. The molecule has 0 spiro atoms. The Labute approximate surface area is 175 Å². The maximum absolute atomic E-state index is 12.1. The van der Waals surface area contributed by atoms with Crippen molar-refractivity contribution in [1.29, 1.82) is 0 Å². The van der Waals surface area contributed by atoms with Gasteiger partial charge in [0.25, 0.3) is 0 Å². The smallest absolute Gasteiger partial charge is 0.309 e. The van der Waals surface area contributed by atoms with Gasteiger partial charge in [0.2, 0.25) is 0 Å². The van der Waals surface area contributed by atoms with Crippen LogP contribution in [0.3, 0.4) is 0 Å². The molecule has 1 aliphatic rings. The van der Waals surface area contributed by atoms with Crippen LogP contribution in [0.25, 0.3) is 10.2 Å². The van der Waals surface area contributed by atoms with Crippen molar-refractivity contribution in [3.63, 3.8) is 0 Å². The highest BCUT2D eigenvalue weighted by molar-refractivity contribution is 7.18. The fourth-order valence-electron chi connectivity index (χ4n) is 3.94. The van der Waals surface area contributed by atoms with Crippen LogP contribution < -0.4 is 4.90 Å². The van der Waals surface area contributed by atoms with E-state index in [0.717, 1.165) is 48.8 Å². The number of fused-ring (bicyclic) bond motifs is 1. The Morgan fingerprint density at radius 2 is 1.90 bits per heavy atom. The van der Waals surface area contributed by atoms with Crippen molar-refractivity contribution in [2.75, 3.05) is 24.6 Å². The van der Waals surface area contributed by atoms with Gasteiger partial charge in [-0.2, -0.15) is 0 Å². The molecule has 0 atom stereocenters. The zero-order valence-electron chi connectivity index (χ0n) is 17.3. The van der Waals surface area contributed by atoms with E-state index in [2.05, 4.69) is 30.9 Å². The molecule has 0 aliphatic carbocycles. The van der Waals surface area contributed by atoms with Gasteiger partial charge in [-0.1, -0.05) is 30.3 Å². The van der Waals surface area contributed by atoms with Gasteiger partial charge < -0.3 is 9.64 Å². The predicted octanol–water partition coefficient (Wildman–Crippen LogP) is 4.68. The monoisotopic (exact) mass is 409 g/mol. The molecule has 1 fully saturated rings. The maximum Gasteiger partial charge on any atom is 0.309 e. The fourth-order valence-corrected chi connectivity index (χ4v) is 4.99. The molecule has 6 heteroatoms. The summed E-state index contributed by atoms with van der Waals surface area (Å²) >= 11 is 1.74. The van der Waals surface area contributed by atoms with Crippen molar-refractivity contribution in [2.24, 2.45) is 5.92 Å². The molecule has 0 amide bonds. The fraction of sp³-hybridized carbons (Fsp3) is 0.435. The van der Waals surface area contributed by atoms with Crippen LogP contribution in [0.1, 0.15) is 41.6 Å². The van der Waals surface area contributed by atoms with Crippen LogP contribution >= 0.6 is 11.3 Å². The van der Waals surface area contributed by atoms with Crippen LogP contribution in [-0.4, -0.2) is 35.6 Å². The van der Waals surface area contributed by atoms with E-state index in [9.17, 15) is 4.79 Å². The molecule has 3 aromatic rings. The molecule has 0 bridgehead atoms. The zero-order valence-corrected chi connectivity index (χ0v) is 18.1. The lowest BCUT2D eigenvalue weighted by Gasteiger charge is -2.32. The number of hydrogen-bond donors (Lipinski definition) is 0. The highest BCUT2D eigenvalue weighted by Crippen LogP contribution is 2.36. The molecule has 5 nitrogen and oxygen atoms in total. The first-order valence-electron chi connectivity index (χ1n) is 10.3. The number of aromatic nitrogens is 2. The van der Waals surface area contributed by atoms with Gasteiger partial charge >= 0.3 is 5.97 Å². The maximum atomic E-state index is 12.1.